The number of halogens is 1. The number of hydrogen-bond acceptors (Lipinski definition) is 4. The number of rotatable bonds is 4. The third-order valence-electron chi connectivity index (χ3n) is 5.65. The molecular formula is C22H23FN2O4S. The lowest BCUT2D eigenvalue weighted by Gasteiger charge is -2.34. The van der Waals surface area contributed by atoms with E-state index in [1.807, 2.05) is 26.0 Å². The number of fused-ring (bicyclic) bond motifs is 1. The summed E-state index contributed by atoms with van der Waals surface area (Å²) in [4.78, 5) is 14.5. The largest absolute Gasteiger partial charge is 0.464 e. The molecule has 158 valence electrons. The number of hydrogen-bond donors (Lipinski definition) is 0. The zero-order chi connectivity index (χ0) is 21.5. The van der Waals surface area contributed by atoms with Gasteiger partial charge in [-0.1, -0.05) is 0 Å². The maximum absolute atomic E-state index is 13.1. The second-order valence-electron chi connectivity index (χ2n) is 7.61. The molecule has 1 amide bonds. The molecule has 0 atom stereocenters. The first kappa shape index (κ1) is 20.6. The van der Waals surface area contributed by atoms with E-state index in [0.717, 1.165) is 39.8 Å². The average molecular weight is 431 g/mol. The van der Waals surface area contributed by atoms with Gasteiger partial charge in [-0.2, -0.15) is 4.31 Å². The summed E-state index contributed by atoms with van der Waals surface area (Å²) in [6.45, 7) is 5.07. The molecule has 1 aromatic heterocycles. The number of piperazine rings is 1. The average Bonchev–Trinajstić information content (AvgIpc) is 3.10. The van der Waals surface area contributed by atoms with Crippen LogP contribution in [0, 0.1) is 19.7 Å². The van der Waals surface area contributed by atoms with Crippen LogP contribution in [0.2, 0.25) is 0 Å². The highest BCUT2D eigenvalue weighted by molar-refractivity contribution is 7.89. The van der Waals surface area contributed by atoms with Gasteiger partial charge in [-0.3, -0.25) is 4.79 Å². The van der Waals surface area contributed by atoms with Crippen molar-refractivity contribution < 1.29 is 22.0 Å². The summed E-state index contributed by atoms with van der Waals surface area (Å²) in [6, 6.07) is 8.78. The lowest BCUT2D eigenvalue weighted by atomic mass is 10.0. The fraction of sp³-hybridized carbons (Fsp3) is 0.318. The van der Waals surface area contributed by atoms with Crippen LogP contribution in [0.5, 0.6) is 0 Å². The van der Waals surface area contributed by atoms with Gasteiger partial charge in [-0.25, -0.2) is 12.8 Å². The molecule has 0 N–H and O–H groups in total. The van der Waals surface area contributed by atoms with Gasteiger partial charge in [-0.05, 0) is 61.4 Å². The second-order valence-corrected chi connectivity index (χ2v) is 9.55. The zero-order valence-corrected chi connectivity index (χ0v) is 17.7. The van der Waals surface area contributed by atoms with Gasteiger partial charge in [-0.15, -0.1) is 0 Å². The maximum atomic E-state index is 13.1. The maximum Gasteiger partial charge on any atom is 0.243 e. The van der Waals surface area contributed by atoms with Gasteiger partial charge in [0.05, 0.1) is 17.6 Å². The van der Waals surface area contributed by atoms with Crippen molar-refractivity contribution in [1.82, 2.24) is 9.21 Å². The number of amides is 1. The van der Waals surface area contributed by atoms with Crippen LogP contribution >= 0.6 is 0 Å². The minimum Gasteiger partial charge on any atom is -0.464 e. The molecule has 0 bridgehead atoms. The topological polar surface area (TPSA) is 70.8 Å². The van der Waals surface area contributed by atoms with E-state index >= 15 is 0 Å². The van der Waals surface area contributed by atoms with Crippen LogP contribution in [0.15, 0.2) is 52.0 Å². The first-order valence-corrected chi connectivity index (χ1v) is 11.2. The van der Waals surface area contributed by atoms with E-state index in [1.165, 1.54) is 16.4 Å². The highest BCUT2D eigenvalue weighted by Crippen LogP contribution is 2.26. The van der Waals surface area contributed by atoms with Crippen molar-refractivity contribution in [2.75, 3.05) is 26.2 Å². The van der Waals surface area contributed by atoms with E-state index < -0.39 is 15.8 Å². The fourth-order valence-electron chi connectivity index (χ4n) is 3.68. The molecule has 0 radical (unpaired) electrons. The van der Waals surface area contributed by atoms with Crippen molar-refractivity contribution in [1.29, 1.82) is 0 Å². The molecule has 0 unspecified atom stereocenters. The number of carbonyl (C=O) groups excluding carboxylic acids is 1. The van der Waals surface area contributed by atoms with Crippen LogP contribution in [0.25, 0.3) is 11.0 Å². The predicted molar refractivity (Wildman–Crippen MR) is 111 cm³/mol. The van der Waals surface area contributed by atoms with Crippen LogP contribution in [0.3, 0.4) is 0 Å². The molecule has 2 heterocycles. The molecule has 3 aromatic rings. The number of aryl methyl sites for hydroxylation is 2. The molecule has 4 rings (SSSR count). The smallest absolute Gasteiger partial charge is 0.243 e. The predicted octanol–water partition coefficient (Wildman–Crippen LogP) is 3.26. The third kappa shape index (κ3) is 3.85. The van der Waals surface area contributed by atoms with Crippen LogP contribution in [0.4, 0.5) is 4.39 Å². The van der Waals surface area contributed by atoms with Gasteiger partial charge in [0.15, 0.2) is 0 Å². The molecule has 1 fully saturated rings. The van der Waals surface area contributed by atoms with Gasteiger partial charge in [0.1, 0.15) is 11.4 Å². The van der Waals surface area contributed by atoms with Crippen molar-refractivity contribution in [2.45, 2.75) is 25.2 Å². The van der Waals surface area contributed by atoms with Crippen LogP contribution in [0.1, 0.15) is 16.7 Å². The van der Waals surface area contributed by atoms with Gasteiger partial charge >= 0.3 is 0 Å². The Morgan fingerprint density at radius 2 is 1.67 bits per heavy atom. The van der Waals surface area contributed by atoms with Crippen LogP contribution in [-0.2, 0) is 21.2 Å². The van der Waals surface area contributed by atoms with E-state index in [4.69, 9.17) is 4.42 Å². The fourth-order valence-corrected chi connectivity index (χ4v) is 5.10. The van der Waals surface area contributed by atoms with Gasteiger partial charge in [0.25, 0.3) is 0 Å². The van der Waals surface area contributed by atoms with Crippen LogP contribution in [-0.4, -0.2) is 49.7 Å². The number of sulfonamides is 1. The van der Waals surface area contributed by atoms with E-state index in [-0.39, 0.29) is 30.3 Å². The number of carbonyl (C=O) groups is 1. The molecule has 1 aliphatic rings. The van der Waals surface area contributed by atoms with Gasteiger partial charge < -0.3 is 9.32 Å². The van der Waals surface area contributed by atoms with E-state index in [0.29, 0.717) is 13.1 Å². The summed E-state index contributed by atoms with van der Waals surface area (Å²) in [6.07, 6.45) is 1.83. The Bertz CT molecular complexity index is 1190. The molecule has 6 nitrogen and oxygen atoms in total. The van der Waals surface area contributed by atoms with Crippen molar-refractivity contribution in [3.8, 4) is 0 Å². The lowest BCUT2D eigenvalue weighted by Crippen LogP contribution is -2.50. The second kappa shape index (κ2) is 7.85. The Hall–Kier alpha value is -2.71. The lowest BCUT2D eigenvalue weighted by molar-refractivity contribution is -0.131. The first-order valence-electron chi connectivity index (χ1n) is 9.76. The molecule has 8 heteroatoms. The SMILES string of the molecule is Cc1cc2occ(CC(=O)N3CCN(S(=O)(=O)c4ccc(F)cc4)CC3)c2cc1C. The molecule has 30 heavy (non-hydrogen) atoms. The Balaban J connectivity index is 1.42. The Morgan fingerprint density at radius 1 is 1.03 bits per heavy atom. The number of benzene rings is 2. The molecule has 1 saturated heterocycles. The first-order chi connectivity index (χ1) is 14.3. The van der Waals surface area contributed by atoms with Crippen molar-refractivity contribution in [2.24, 2.45) is 0 Å². The highest BCUT2D eigenvalue weighted by atomic mass is 32.2. The standard InChI is InChI=1S/C22H23FN2O4S/c1-15-11-20-17(14-29-21(20)12-16(15)2)13-22(26)24-7-9-25(10-8-24)30(27,28)19-5-3-18(23)4-6-19/h3-6,11-12,14H,7-10,13H2,1-2H3. The van der Waals surface area contributed by atoms with Crippen molar-refractivity contribution in [3.63, 3.8) is 0 Å². The molecule has 1 aliphatic heterocycles. The summed E-state index contributed by atoms with van der Waals surface area (Å²) in [7, 11) is -3.70. The Kier molecular flexibility index (Phi) is 5.38. The quantitative estimate of drug-likeness (QED) is 0.637. The summed E-state index contributed by atoms with van der Waals surface area (Å²) in [5, 5.41) is 0.934. The monoisotopic (exact) mass is 430 g/mol. The molecule has 0 saturated carbocycles. The Morgan fingerprint density at radius 3 is 2.33 bits per heavy atom. The summed E-state index contributed by atoms with van der Waals surface area (Å²) >= 11 is 0. The normalized spacial score (nSPS) is 15.6. The van der Waals surface area contributed by atoms with E-state index in [2.05, 4.69) is 0 Å². The highest BCUT2D eigenvalue weighted by Gasteiger charge is 2.30. The van der Waals surface area contributed by atoms with Crippen molar-refractivity contribution >= 4 is 26.9 Å². The Labute approximate surface area is 174 Å². The summed E-state index contributed by atoms with van der Waals surface area (Å²) in [5.74, 6) is -0.545. The van der Waals surface area contributed by atoms with Crippen molar-refractivity contribution in [3.05, 3.63) is 65.2 Å². The van der Waals surface area contributed by atoms with Gasteiger partial charge in [0, 0.05) is 37.1 Å². The van der Waals surface area contributed by atoms with Crippen LogP contribution < -0.4 is 0 Å². The number of furan rings is 1. The minimum absolute atomic E-state index is 0.0548. The third-order valence-corrected chi connectivity index (χ3v) is 7.57. The molecule has 2 aromatic carbocycles. The zero-order valence-electron chi connectivity index (χ0n) is 16.9. The van der Waals surface area contributed by atoms with E-state index in [1.54, 1.807) is 11.2 Å². The minimum atomic E-state index is -3.70. The van der Waals surface area contributed by atoms with E-state index in [9.17, 15) is 17.6 Å². The molecule has 0 spiro atoms. The summed E-state index contributed by atoms with van der Waals surface area (Å²) < 4.78 is 45.5. The molecular weight excluding hydrogens is 407 g/mol. The summed E-state index contributed by atoms with van der Waals surface area (Å²) in [5.41, 5.74) is 3.86. The van der Waals surface area contributed by atoms with Gasteiger partial charge in [0.2, 0.25) is 15.9 Å². The number of nitrogens with zero attached hydrogens (tertiary/aromatic N) is 2. The molecule has 0 aliphatic carbocycles.